The molecule has 0 saturated carbocycles. The van der Waals surface area contributed by atoms with Crippen molar-refractivity contribution in [3.8, 4) is 0 Å². The van der Waals surface area contributed by atoms with Gasteiger partial charge in [-0.3, -0.25) is 4.79 Å². The summed E-state index contributed by atoms with van der Waals surface area (Å²) in [6.45, 7) is 0. The zero-order chi connectivity index (χ0) is 12.4. The van der Waals surface area contributed by atoms with Crippen molar-refractivity contribution in [2.45, 2.75) is 0 Å². The number of thiazole rings is 1. The molecule has 1 aromatic heterocycles. The van der Waals surface area contributed by atoms with Crippen molar-refractivity contribution in [2.75, 3.05) is 5.32 Å². The summed E-state index contributed by atoms with van der Waals surface area (Å²) in [7, 11) is 0. The Balaban J connectivity index is 2.22. The molecule has 3 nitrogen and oxygen atoms in total. The van der Waals surface area contributed by atoms with Crippen LogP contribution in [0.2, 0.25) is 0 Å². The van der Waals surface area contributed by atoms with Gasteiger partial charge in [0.25, 0.3) is 5.91 Å². The number of aromatic nitrogens is 1. The normalized spacial score (nSPS) is 10.3. The zero-order valence-electron chi connectivity index (χ0n) is 8.21. The molecule has 1 amide bonds. The molecule has 0 radical (unpaired) electrons. The lowest BCUT2D eigenvalue weighted by Crippen LogP contribution is -2.12. The zero-order valence-corrected chi connectivity index (χ0v) is 9.02. The van der Waals surface area contributed by atoms with Gasteiger partial charge in [0.05, 0.1) is 5.51 Å². The highest BCUT2D eigenvalue weighted by Gasteiger charge is 2.13. The molecule has 2 rings (SSSR count). The summed E-state index contributed by atoms with van der Waals surface area (Å²) in [6.07, 6.45) is 0. The van der Waals surface area contributed by atoms with Crippen molar-refractivity contribution >= 4 is 22.9 Å². The fourth-order valence-corrected chi connectivity index (χ4v) is 1.68. The van der Waals surface area contributed by atoms with Gasteiger partial charge >= 0.3 is 0 Å². The lowest BCUT2D eigenvalue weighted by atomic mass is 10.2. The second-order valence-electron chi connectivity index (χ2n) is 3.08. The first-order valence-corrected chi connectivity index (χ1v) is 5.36. The number of nitrogens with zero attached hydrogens (tertiary/aromatic N) is 1. The third-order valence-electron chi connectivity index (χ3n) is 1.91. The highest BCUT2D eigenvalue weighted by atomic mass is 32.1. The quantitative estimate of drug-likeness (QED) is 0.841. The molecule has 2 aromatic rings. The molecule has 0 aliphatic carbocycles. The number of rotatable bonds is 2. The van der Waals surface area contributed by atoms with E-state index in [1.54, 1.807) is 0 Å². The first-order chi connectivity index (χ1) is 8.08. The number of hydrogen-bond acceptors (Lipinski definition) is 3. The van der Waals surface area contributed by atoms with Gasteiger partial charge < -0.3 is 5.32 Å². The van der Waals surface area contributed by atoms with Gasteiger partial charge in [0, 0.05) is 23.2 Å². The Morgan fingerprint density at radius 3 is 2.41 bits per heavy atom. The number of nitrogens with one attached hydrogen (secondary N) is 1. The van der Waals surface area contributed by atoms with E-state index in [1.807, 2.05) is 0 Å². The van der Waals surface area contributed by atoms with E-state index in [-0.39, 0.29) is 11.4 Å². The summed E-state index contributed by atoms with van der Waals surface area (Å²) in [5, 5.41) is 3.69. The van der Waals surface area contributed by atoms with Crippen LogP contribution >= 0.6 is 11.3 Å². The van der Waals surface area contributed by atoms with Crippen molar-refractivity contribution in [1.82, 2.24) is 4.98 Å². The SMILES string of the molecule is O=C(Nc1cc(F)c(F)c(F)c1)c1cscn1. The van der Waals surface area contributed by atoms with Gasteiger partial charge in [-0.05, 0) is 0 Å². The van der Waals surface area contributed by atoms with Crippen molar-refractivity contribution in [1.29, 1.82) is 0 Å². The number of benzene rings is 1. The molecule has 0 unspecified atom stereocenters. The van der Waals surface area contributed by atoms with Crippen LogP contribution in [0.1, 0.15) is 10.5 Å². The minimum Gasteiger partial charge on any atom is -0.320 e. The maximum Gasteiger partial charge on any atom is 0.275 e. The number of halogens is 3. The largest absolute Gasteiger partial charge is 0.320 e. The minimum absolute atomic E-state index is 0.125. The Labute approximate surface area is 97.9 Å². The molecular weight excluding hydrogens is 253 g/mol. The maximum absolute atomic E-state index is 12.9. The van der Waals surface area contributed by atoms with Gasteiger partial charge in [0.1, 0.15) is 5.69 Å². The lowest BCUT2D eigenvalue weighted by molar-refractivity contribution is 0.102. The fourth-order valence-electron chi connectivity index (χ4n) is 1.15. The molecule has 0 fully saturated rings. The number of amides is 1. The van der Waals surface area contributed by atoms with Crippen molar-refractivity contribution in [2.24, 2.45) is 0 Å². The van der Waals surface area contributed by atoms with Crippen LogP contribution in [0.5, 0.6) is 0 Å². The highest BCUT2D eigenvalue weighted by Crippen LogP contribution is 2.18. The fraction of sp³-hybridized carbons (Fsp3) is 0. The summed E-state index contributed by atoms with van der Waals surface area (Å²) in [5.74, 6) is -4.91. The smallest absolute Gasteiger partial charge is 0.275 e. The Morgan fingerprint density at radius 2 is 1.88 bits per heavy atom. The van der Waals surface area contributed by atoms with E-state index in [0.29, 0.717) is 12.1 Å². The van der Waals surface area contributed by atoms with E-state index in [2.05, 4.69) is 10.3 Å². The second kappa shape index (κ2) is 4.54. The second-order valence-corrected chi connectivity index (χ2v) is 3.80. The van der Waals surface area contributed by atoms with Crippen LogP contribution < -0.4 is 5.32 Å². The van der Waals surface area contributed by atoms with Crippen LogP contribution in [0.15, 0.2) is 23.0 Å². The van der Waals surface area contributed by atoms with E-state index >= 15 is 0 Å². The molecule has 0 saturated heterocycles. The summed E-state index contributed by atoms with van der Waals surface area (Å²) in [4.78, 5) is 15.2. The van der Waals surface area contributed by atoms with Crippen LogP contribution in [0.25, 0.3) is 0 Å². The third-order valence-corrected chi connectivity index (χ3v) is 2.49. The summed E-state index contributed by atoms with van der Waals surface area (Å²) >= 11 is 1.21. The van der Waals surface area contributed by atoms with E-state index in [1.165, 1.54) is 22.2 Å². The first-order valence-electron chi connectivity index (χ1n) is 4.42. The van der Waals surface area contributed by atoms with Crippen molar-refractivity contribution in [3.05, 3.63) is 46.2 Å². The lowest BCUT2D eigenvalue weighted by Gasteiger charge is -2.04. The molecule has 1 aromatic carbocycles. The topological polar surface area (TPSA) is 42.0 Å². The number of anilines is 1. The molecule has 1 heterocycles. The summed E-state index contributed by atoms with van der Waals surface area (Å²) in [5.41, 5.74) is 1.40. The average Bonchev–Trinajstić information content (AvgIpc) is 2.79. The van der Waals surface area contributed by atoms with E-state index in [0.717, 1.165) is 0 Å². The molecule has 88 valence electrons. The van der Waals surface area contributed by atoms with Gasteiger partial charge in [0.15, 0.2) is 17.5 Å². The molecule has 0 aliphatic rings. The van der Waals surface area contributed by atoms with Crippen LogP contribution in [0.4, 0.5) is 18.9 Å². The monoisotopic (exact) mass is 258 g/mol. The van der Waals surface area contributed by atoms with Crippen LogP contribution in [-0.2, 0) is 0 Å². The summed E-state index contributed by atoms with van der Waals surface area (Å²) in [6, 6.07) is 1.39. The van der Waals surface area contributed by atoms with Gasteiger partial charge in [-0.25, -0.2) is 18.2 Å². The number of carbonyl (C=O) groups excluding carboxylic acids is 1. The number of carbonyl (C=O) groups is 1. The van der Waals surface area contributed by atoms with Gasteiger partial charge in [0.2, 0.25) is 0 Å². The van der Waals surface area contributed by atoms with Crippen molar-refractivity contribution < 1.29 is 18.0 Å². The molecule has 0 spiro atoms. The minimum atomic E-state index is -1.57. The molecule has 1 N–H and O–H groups in total. The Hall–Kier alpha value is -1.89. The predicted molar refractivity (Wildman–Crippen MR) is 56.4 cm³/mol. The van der Waals surface area contributed by atoms with Gasteiger partial charge in [-0.1, -0.05) is 0 Å². The Morgan fingerprint density at radius 1 is 1.24 bits per heavy atom. The van der Waals surface area contributed by atoms with E-state index in [4.69, 9.17) is 0 Å². The first kappa shape index (κ1) is 11.6. The van der Waals surface area contributed by atoms with Crippen LogP contribution in [0.3, 0.4) is 0 Å². The Kier molecular flexibility index (Phi) is 3.10. The number of hydrogen-bond donors (Lipinski definition) is 1. The van der Waals surface area contributed by atoms with E-state index < -0.39 is 23.4 Å². The molecule has 17 heavy (non-hydrogen) atoms. The third kappa shape index (κ3) is 2.44. The van der Waals surface area contributed by atoms with Gasteiger partial charge in [-0.15, -0.1) is 11.3 Å². The molecule has 0 aliphatic heterocycles. The maximum atomic E-state index is 12.9. The van der Waals surface area contributed by atoms with Crippen LogP contribution in [-0.4, -0.2) is 10.9 Å². The predicted octanol–water partition coefficient (Wildman–Crippen LogP) is 2.81. The summed E-state index contributed by atoms with van der Waals surface area (Å²) < 4.78 is 38.4. The van der Waals surface area contributed by atoms with Crippen LogP contribution in [0, 0.1) is 17.5 Å². The molecule has 0 bridgehead atoms. The highest BCUT2D eigenvalue weighted by molar-refractivity contribution is 7.07. The molecule has 7 heteroatoms. The molecular formula is C10H5F3N2OS. The van der Waals surface area contributed by atoms with E-state index in [9.17, 15) is 18.0 Å². The Bertz CT molecular complexity index is 534. The van der Waals surface area contributed by atoms with Gasteiger partial charge in [-0.2, -0.15) is 0 Å². The van der Waals surface area contributed by atoms with Crippen molar-refractivity contribution in [3.63, 3.8) is 0 Å². The average molecular weight is 258 g/mol. The standard InChI is InChI=1S/C10H5F3N2OS/c11-6-1-5(2-7(12)9(6)13)15-10(16)8-3-17-4-14-8/h1-4H,(H,15,16). The molecule has 0 atom stereocenters.